The van der Waals surface area contributed by atoms with Crippen molar-refractivity contribution in [1.82, 2.24) is 26.2 Å². The van der Waals surface area contributed by atoms with Crippen molar-refractivity contribution in [2.24, 2.45) is 5.92 Å². The number of rotatable bonds is 22. The molecule has 4 aromatic carbocycles. The summed E-state index contributed by atoms with van der Waals surface area (Å²) >= 11 is 0. The molecule has 6 rings (SSSR count). The molecule has 4 aromatic rings. The molecule has 6 N–H and O–H groups in total. The molecule has 18 heteroatoms. The molecular formula is C50H55N5O13. The van der Waals surface area contributed by atoms with E-state index in [0.29, 0.717) is 12.0 Å². The Morgan fingerprint density at radius 2 is 1.18 bits per heavy atom. The largest absolute Gasteiger partial charge is 0.481 e. The minimum Gasteiger partial charge on any atom is -0.481 e. The lowest BCUT2D eigenvalue weighted by Gasteiger charge is -2.29. The maximum atomic E-state index is 14.2. The van der Waals surface area contributed by atoms with Crippen LogP contribution in [0.3, 0.4) is 0 Å². The van der Waals surface area contributed by atoms with Gasteiger partial charge in [-0.2, -0.15) is 0 Å². The number of carboxylic acids is 2. The Morgan fingerprint density at radius 1 is 0.632 bits per heavy atom. The Labute approximate surface area is 392 Å². The molecule has 0 aromatic heterocycles. The molecule has 18 nitrogen and oxygen atoms in total. The van der Waals surface area contributed by atoms with Gasteiger partial charge < -0.3 is 50.6 Å². The van der Waals surface area contributed by atoms with Gasteiger partial charge in [0.15, 0.2) is 0 Å². The summed E-state index contributed by atoms with van der Waals surface area (Å²) in [6.07, 6.45) is -2.12. The van der Waals surface area contributed by atoms with Gasteiger partial charge in [-0.05, 0) is 52.1 Å². The fourth-order valence-electron chi connectivity index (χ4n) is 8.19. The molecule has 0 bridgehead atoms. The molecule has 0 saturated carbocycles. The quantitative estimate of drug-likeness (QED) is 0.0613. The zero-order chi connectivity index (χ0) is 48.7. The number of carbonyl (C=O) groups is 8. The van der Waals surface area contributed by atoms with Crippen LogP contribution in [0.4, 0.5) is 4.79 Å². The molecule has 5 amide bonds. The fourth-order valence-corrected chi connectivity index (χ4v) is 8.19. The zero-order valence-corrected chi connectivity index (χ0v) is 37.6. The van der Waals surface area contributed by atoms with E-state index in [2.05, 4.69) is 21.3 Å². The van der Waals surface area contributed by atoms with Crippen LogP contribution in [-0.2, 0) is 61.0 Å². The van der Waals surface area contributed by atoms with E-state index < -0.39 is 103 Å². The highest BCUT2D eigenvalue weighted by atomic mass is 16.5. The van der Waals surface area contributed by atoms with E-state index in [1.54, 1.807) is 68.4 Å². The number of benzene rings is 4. The third-order valence-electron chi connectivity index (χ3n) is 11.7. The molecule has 1 saturated heterocycles. The van der Waals surface area contributed by atoms with Gasteiger partial charge in [0.2, 0.25) is 23.6 Å². The van der Waals surface area contributed by atoms with Crippen LogP contribution in [0.15, 0.2) is 109 Å². The first-order valence-corrected chi connectivity index (χ1v) is 22.3. The van der Waals surface area contributed by atoms with E-state index in [4.69, 9.17) is 14.2 Å². The van der Waals surface area contributed by atoms with E-state index in [1.165, 1.54) is 0 Å². The number of carbonyl (C=O) groups excluding carboxylic acids is 6. The van der Waals surface area contributed by atoms with Crippen LogP contribution in [0.1, 0.15) is 67.7 Å². The van der Waals surface area contributed by atoms with Gasteiger partial charge in [-0.25, -0.2) is 9.59 Å². The zero-order valence-electron chi connectivity index (χ0n) is 37.6. The molecule has 5 atom stereocenters. The lowest BCUT2D eigenvalue weighted by atomic mass is 9.98. The Bertz CT molecular complexity index is 2400. The van der Waals surface area contributed by atoms with E-state index in [-0.39, 0.29) is 38.7 Å². The first kappa shape index (κ1) is 49.8. The molecule has 0 radical (unpaired) electrons. The van der Waals surface area contributed by atoms with Crippen LogP contribution >= 0.6 is 0 Å². The van der Waals surface area contributed by atoms with Crippen molar-refractivity contribution in [3.63, 3.8) is 0 Å². The van der Waals surface area contributed by atoms with Crippen molar-refractivity contribution in [3.05, 3.63) is 131 Å². The summed E-state index contributed by atoms with van der Waals surface area (Å²) in [4.78, 5) is 108. The summed E-state index contributed by atoms with van der Waals surface area (Å²) in [5.74, 6) is -8.44. The highest BCUT2D eigenvalue weighted by Gasteiger charge is 2.40. The lowest BCUT2D eigenvalue weighted by molar-refractivity contribution is -0.151. The molecule has 0 unspecified atom stereocenters. The number of likely N-dealkylation sites (tertiary alicyclic amines) is 1. The third kappa shape index (κ3) is 13.3. The van der Waals surface area contributed by atoms with Gasteiger partial charge in [0.05, 0.1) is 26.1 Å². The summed E-state index contributed by atoms with van der Waals surface area (Å²) in [5, 5.41) is 29.4. The fraction of sp³-hybridized carbons (Fsp3) is 0.360. The second-order valence-electron chi connectivity index (χ2n) is 16.9. The first-order chi connectivity index (χ1) is 32.7. The average Bonchev–Trinajstić information content (AvgIpc) is 3.95. The molecule has 1 aliphatic heterocycles. The van der Waals surface area contributed by atoms with Gasteiger partial charge >= 0.3 is 24.0 Å². The van der Waals surface area contributed by atoms with Crippen LogP contribution in [0, 0.1) is 5.92 Å². The van der Waals surface area contributed by atoms with Crippen LogP contribution < -0.4 is 21.3 Å². The molecule has 1 aliphatic carbocycles. The van der Waals surface area contributed by atoms with Crippen LogP contribution in [0.2, 0.25) is 0 Å². The van der Waals surface area contributed by atoms with Gasteiger partial charge in [-0.15, -0.1) is 0 Å². The van der Waals surface area contributed by atoms with E-state index in [9.17, 15) is 48.6 Å². The predicted molar refractivity (Wildman–Crippen MR) is 244 cm³/mol. The third-order valence-corrected chi connectivity index (χ3v) is 11.7. The summed E-state index contributed by atoms with van der Waals surface area (Å²) < 4.78 is 16.8. The SMILES string of the molecule is CC(C)[C@H](NC(=O)[C@H](CC(=O)O)NC(=O)OCC1c2ccccc2-c2ccccc21)C(=O)N[C@@H](CC(=O)OCc1ccccc1)C(=O)N[C@@H](COCc1ccccc1)C(=O)N1CCC[C@H]1C(=O)O. The predicted octanol–water partition coefficient (Wildman–Crippen LogP) is 3.90. The van der Waals surface area contributed by atoms with Crippen LogP contribution in [0.25, 0.3) is 11.1 Å². The monoisotopic (exact) mass is 933 g/mol. The second-order valence-corrected chi connectivity index (χ2v) is 16.9. The normalized spacial score (nSPS) is 15.7. The highest BCUT2D eigenvalue weighted by Crippen LogP contribution is 2.44. The Balaban J connectivity index is 1.16. The molecule has 1 heterocycles. The standard InChI is InChI=1S/C50H55N5O13/c1-30(2)44(54-46(60)38(24-42(56)57)53-50(65)68-28-37-35-20-11-9-18-33(35)34-19-10-12-21-36(34)37)47(61)51-39(25-43(58)67-27-32-16-7-4-8-17-32)45(59)52-40(29-66-26-31-14-5-3-6-15-31)48(62)55-23-13-22-41(55)49(63)64/h3-12,14-21,30,37-41,44H,13,22-29H2,1-2H3,(H,51,61)(H,52,59)(H,53,65)(H,54,60)(H,56,57)(H,63,64)/t38-,39-,40-,41-,44-/m0/s1. The number of nitrogens with one attached hydrogen (secondary N) is 4. The highest BCUT2D eigenvalue weighted by molar-refractivity contribution is 5.98. The van der Waals surface area contributed by atoms with Crippen molar-refractivity contribution < 1.29 is 62.8 Å². The maximum Gasteiger partial charge on any atom is 0.407 e. The summed E-state index contributed by atoms with van der Waals surface area (Å²) in [6, 6.07) is 25.4. The number of aliphatic carboxylic acids is 2. The lowest BCUT2D eigenvalue weighted by Crippen LogP contribution is -2.60. The van der Waals surface area contributed by atoms with E-state index in [0.717, 1.165) is 32.7 Å². The van der Waals surface area contributed by atoms with Crippen molar-refractivity contribution in [2.75, 3.05) is 19.8 Å². The van der Waals surface area contributed by atoms with Crippen LogP contribution in [0.5, 0.6) is 0 Å². The van der Waals surface area contributed by atoms with Gasteiger partial charge in [-0.1, -0.05) is 123 Å². The van der Waals surface area contributed by atoms with Gasteiger partial charge in [0, 0.05) is 12.5 Å². The number of hydrogen-bond acceptors (Lipinski definition) is 11. The Kier molecular flexibility index (Phi) is 17.4. The minimum absolute atomic E-state index is 0.0314. The van der Waals surface area contributed by atoms with Gasteiger partial charge in [-0.3, -0.25) is 28.8 Å². The van der Waals surface area contributed by atoms with E-state index >= 15 is 0 Å². The average molecular weight is 934 g/mol. The molecule has 2 aliphatic rings. The molecule has 68 heavy (non-hydrogen) atoms. The van der Waals surface area contributed by atoms with E-state index in [1.807, 2.05) is 54.6 Å². The second kappa shape index (κ2) is 23.7. The summed E-state index contributed by atoms with van der Waals surface area (Å²) in [6.45, 7) is 2.55. The number of ether oxygens (including phenoxy) is 3. The first-order valence-electron chi connectivity index (χ1n) is 22.3. The van der Waals surface area contributed by atoms with Gasteiger partial charge in [0.25, 0.3) is 0 Å². The number of hydrogen-bond donors (Lipinski definition) is 6. The molecule has 1 fully saturated rings. The Hall–Kier alpha value is -7.60. The Morgan fingerprint density at radius 3 is 1.76 bits per heavy atom. The number of fused-ring (bicyclic) bond motifs is 3. The smallest absolute Gasteiger partial charge is 0.407 e. The summed E-state index contributed by atoms with van der Waals surface area (Å²) in [7, 11) is 0. The molecule has 358 valence electrons. The topological polar surface area (TPSA) is 256 Å². The maximum absolute atomic E-state index is 14.2. The summed E-state index contributed by atoms with van der Waals surface area (Å²) in [5.41, 5.74) is 5.22. The number of esters is 1. The number of nitrogens with zero attached hydrogens (tertiary/aromatic N) is 1. The van der Waals surface area contributed by atoms with Crippen molar-refractivity contribution >= 4 is 47.6 Å². The van der Waals surface area contributed by atoms with Crippen molar-refractivity contribution in [3.8, 4) is 11.1 Å². The number of amides is 5. The van der Waals surface area contributed by atoms with Crippen LogP contribution in [-0.4, -0.2) is 113 Å². The number of alkyl carbamates (subject to hydrolysis) is 1. The molecule has 0 spiro atoms. The van der Waals surface area contributed by atoms with Gasteiger partial charge in [0.1, 0.15) is 43.4 Å². The van der Waals surface area contributed by atoms with Crippen molar-refractivity contribution in [1.29, 1.82) is 0 Å². The molecular weight excluding hydrogens is 879 g/mol. The minimum atomic E-state index is -1.73. The number of carboxylic acid groups (broad SMARTS) is 2. The van der Waals surface area contributed by atoms with Crippen molar-refractivity contribution in [2.45, 2.75) is 88.9 Å².